The molecule has 0 radical (unpaired) electrons. The number of fused-ring (bicyclic) bond motifs is 1. The summed E-state index contributed by atoms with van der Waals surface area (Å²) in [7, 11) is -1.97. The molecule has 0 aliphatic carbocycles. The van der Waals surface area contributed by atoms with Crippen LogP contribution in [0, 0.1) is 0 Å². The summed E-state index contributed by atoms with van der Waals surface area (Å²) >= 11 is 0. The van der Waals surface area contributed by atoms with E-state index in [1.54, 1.807) is 29.8 Å². The smallest absolute Gasteiger partial charge is 0.309 e. The van der Waals surface area contributed by atoms with Crippen LogP contribution in [0.2, 0.25) is 0 Å². The zero-order chi connectivity index (χ0) is 14.8. The van der Waals surface area contributed by atoms with Crippen LogP contribution in [0.15, 0.2) is 35.3 Å². The number of hydrogen-bond donors (Lipinski definition) is 0. The Morgan fingerprint density at radius 3 is 2.65 bits per heavy atom. The molecule has 0 spiro atoms. The number of para-hydroxylation sites is 1. The first-order valence-corrected chi connectivity index (χ1v) is 8.03. The molecule has 1 aromatic heterocycles. The lowest BCUT2D eigenvalue weighted by molar-refractivity contribution is 0.479. The molecule has 0 saturated heterocycles. The maximum absolute atomic E-state index is 12.2. The van der Waals surface area contributed by atoms with Crippen molar-refractivity contribution < 1.29 is 12.6 Å². The first-order valence-electron chi connectivity index (χ1n) is 6.45. The third-order valence-corrected chi connectivity index (χ3v) is 4.25. The molecule has 0 atom stereocenters. The van der Waals surface area contributed by atoms with Gasteiger partial charge in [0.05, 0.1) is 17.5 Å². The van der Waals surface area contributed by atoms with Crippen molar-refractivity contribution in [1.82, 2.24) is 4.57 Å². The summed E-state index contributed by atoms with van der Waals surface area (Å²) in [5.74, 6) is -0.234. The zero-order valence-electron chi connectivity index (χ0n) is 11.5. The van der Waals surface area contributed by atoms with Crippen LogP contribution in [0.25, 0.3) is 10.9 Å². The fraction of sp³-hybridized carbons (Fsp3) is 0.357. The molecule has 2 rings (SSSR count). The predicted molar refractivity (Wildman–Crippen MR) is 78.5 cm³/mol. The van der Waals surface area contributed by atoms with Gasteiger partial charge in [0.2, 0.25) is 11.2 Å². The van der Waals surface area contributed by atoms with Gasteiger partial charge in [0.15, 0.2) is 0 Å². The van der Waals surface area contributed by atoms with E-state index in [0.717, 1.165) is 11.9 Å². The van der Waals surface area contributed by atoms with E-state index in [2.05, 4.69) is 0 Å². The van der Waals surface area contributed by atoms with Gasteiger partial charge in [0.1, 0.15) is 0 Å². The Morgan fingerprint density at radius 2 is 1.95 bits per heavy atom. The van der Waals surface area contributed by atoms with Gasteiger partial charge in [-0.25, -0.2) is 0 Å². The topological polar surface area (TPSA) is 65.4 Å². The van der Waals surface area contributed by atoms with Crippen LogP contribution < -0.4 is 9.61 Å². The highest BCUT2D eigenvalue weighted by Gasteiger charge is 2.16. The number of benzene rings is 1. The van der Waals surface area contributed by atoms with Crippen LogP contribution in [0.5, 0.6) is 5.75 Å². The molecular formula is C14H17NO4S. The van der Waals surface area contributed by atoms with Gasteiger partial charge in [0.25, 0.3) is 0 Å². The van der Waals surface area contributed by atoms with Crippen LogP contribution in [0.1, 0.15) is 19.8 Å². The average Bonchev–Trinajstić information content (AvgIpc) is 2.42. The molecule has 0 unspecified atom stereocenters. The molecule has 0 saturated carbocycles. The molecule has 0 aliphatic heterocycles. The second-order valence-electron chi connectivity index (χ2n) is 4.65. The van der Waals surface area contributed by atoms with Gasteiger partial charge < -0.3 is 8.75 Å². The van der Waals surface area contributed by atoms with Gasteiger partial charge in [0, 0.05) is 12.4 Å². The van der Waals surface area contributed by atoms with Gasteiger partial charge in [-0.05, 0) is 18.6 Å². The van der Waals surface area contributed by atoms with E-state index in [1.165, 1.54) is 6.20 Å². The Morgan fingerprint density at radius 1 is 1.25 bits per heavy atom. The lowest BCUT2D eigenvalue weighted by atomic mass is 10.2. The van der Waals surface area contributed by atoms with Crippen LogP contribution >= 0.6 is 0 Å². The fourth-order valence-electron chi connectivity index (χ4n) is 1.97. The van der Waals surface area contributed by atoms with Crippen molar-refractivity contribution in [3.63, 3.8) is 0 Å². The van der Waals surface area contributed by atoms with E-state index < -0.39 is 15.5 Å². The van der Waals surface area contributed by atoms with E-state index >= 15 is 0 Å². The fourth-order valence-corrected chi connectivity index (χ4v) is 3.09. The lowest BCUT2D eigenvalue weighted by Crippen LogP contribution is -2.19. The Hall–Kier alpha value is -1.82. The van der Waals surface area contributed by atoms with Gasteiger partial charge in [-0.2, -0.15) is 8.42 Å². The van der Waals surface area contributed by atoms with Crippen LogP contribution in [-0.2, 0) is 17.2 Å². The second-order valence-corrected chi connectivity index (χ2v) is 6.34. The van der Waals surface area contributed by atoms with E-state index in [4.69, 9.17) is 4.18 Å². The first-order chi connectivity index (χ1) is 9.44. The van der Waals surface area contributed by atoms with Crippen LogP contribution in [-0.4, -0.2) is 18.7 Å². The Balaban J connectivity index is 2.46. The summed E-state index contributed by atoms with van der Waals surface area (Å²) < 4.78 is 30.2. The SMILES string of the molecule is CCCCS(=O)(=O)Oc1cn(C)c2ccccc2c1=O. The lowest BCUT2D eigenvalue weighted by Gasteiger charge is -2.10. The summed E-state index contributed by atoms with van der Waals surface area (Å²) in [6.07, 6.45) is 2.67. The van der Waals surface area contributed by atoms with Crippen molar-refractivity contribution in [3.8, 4) is 5.75 Å². The summed E-state index contributed by atoms with van der Waals surface area (Å²) in [5, 5.41) is 0.443. The van der Waals surface area contributed by atoms with E-state index in [9.17, 15) is 13.2 Å². The maximum atomic E-state index is 12.2. The van der Waals surface area contributed by atoms with Crippen molar-refractivity contribution in [2.24, 2.45) is 7.05 Å². The van der Waals surface area contributed by atoms with E-state index in [-0.39, 0.29) is 11.5 Å². The Bertz CT molecular complexity index is 777. The molecule has 5 nitrogen and oxygen atoms in total. The van der Waals surface area contributed by atoms with Crippen molar-refractivity contribution >= 4 is 21.0 Å². The molecule has 1 heterocycles. The molecule has 2 aromatic rings. The number of unbranched alkanes of at least 4 members (excludes halogenated alkanes) is 1. The number of aromatic nitrogens is 1. The Kier molecular flexibility index (Phi) is 4.13. The molecule has 1 aromatic carbocycles. The standard InChI is InChI=1S/C14H17NO4S/c1-3-4-9-20(17,18)19-13-10-15(2)12-8-6-5-7-11(12)14(13)16/h5-8,10H,3-4,9H2,1-2H3. The number of aryl methyl sites for hydroxylation is 1. The summed E-state index contributed by atoms with van der Waals surface area (Å²) in [4.78, 5) is 12.2. The zero-order valence-corrected chi connectivity index (χ0v) is 12.3. The first kappa shape index (κ1) is 14.6. The van der Waals surface area contributed by atoms with Crippen molar-refractivity contribution in [1.29, 1.82) is 0 Å². The minimum atomic E-state index is -3.72. The predicted octanol–water partition coefficient (Wildman–Crippen LogP) is 2.05. The molecule has 6 heteroatoms. The molecule has 108 valence electrons. The van der Waals surface area contributed by atoms with Crippen LogP contribution in [0.3, 0.4) is 0 Å². The third kappa shape index (κ3) is 3.01. The number of nitrogens with zero attached hydrogens (tertiary/aromatic N) is 1. The normalized spacial score (nSPS) is 11.7. The molecule has 0 aliphatic rings. The molecule has 0 bridgehead atoms. The largest absolute Gasteiger partial charge is 0.377 e. The Labute approximate surface area is 117 Å². The van der Waals surface area contributed by atoms with Crippen molar-refractivity contribution in [2.75, 3.05) is 5.75 Å². The van der Waals surface area contributed by atoms with Gasteiger partial charge in [-0.15, -0.1) is 0 Å². The van der Waals surface area contributed by atoms with E-state index in [0.29, 0.717) is 11.8 Å². The number of rotatable bonds is 5. The molecule has 0 N–H and O–H groups in total. The summed E-state index contributed by atoms with van der Waals surface area (Å²) in [5.41, 5.74) is 0.328. The quantitative estimate of drug-likeness (QED) is 0.792. The minimum absolute atomic E-state index is 0.0838. The molecular weight excluding hydrogens is 278 g/mol. The van der Waals surface area contributed by atoms with Crippen LogP contribution in [0.4, 0.5) is 0 Å². The summed E-state index contributed by atoms with van der Waals surface area (Å²) in [6, 6.07) is 7.01. The monoisotopic (exact) mass is 295 g/mol. The number of pyridine rings is 1. The average molecular weight is 295 g/mol. The second kappa shape index (κ2) is 5.66. The highest BCUT2D eigenvalue weighted by Crippen LogP contribution is 2.15. The maximum Gasteiger partial charge on any atom is 0.309 e. The third-order valence-electron chi connectivity index (χ3n) is 3.03. The molecule has 0 fully saturated rings. The summed E-state index contributed by atoms with van der Waals surface area (Å²) in [6.45, 7) is 1.89. The van der Waals surface area contributed by atoms with Crippen molar-refractivity contribution in [3.05, 3.63) is 40.7 Å². The minimum Gasteiger partial charge on any atom is -0.377 e. The van der Waals surface area contributed by atoms with Gasteiger partial charge >= 0.3 is 10.1 Å². The van der Waals surface area contributed by atoms with Gasteiger partial charge in [-0.3, -0.25) is 4.79 Å². The molecule has 20 heavy (non-hydrogen) atoms. The van der Waals surface area contributed by atoms with E-state index in [1.807, 2.05) is 13.0 Å². The number of hydrogen-bond acceptors (Lipinski definition) is 4. The van der Waals surface area contributed by atoms with Gasteiger partial charge in [-0.1, -0.05) is 25.5 Å². The molecule has 0 amide bonds. The highest BCUT2D eigenvalue weighted by atomic mass is 32.2. The highest BCUT2D eigenvalue weighted by molar-refractivity contribution is 7.87. The van der Waals surface area contributed by atoms with Crippen molar-refractivity contribution in [2.45, 2.75) is 19.8 Å².